The summed E-state index contributed by atoms with van der Waals surface area (Å²) < 4.78 is 0. The second-order valence-electron chi connectivity index (χ2n) is 5.18. The van der Waals surface area contributed by atoms with Crippen LogP contribution < -0.4 is 10.3 Å². The van der Waals surface area contributed by atoms with Crippen molar-refractivity contribution in [1.82, 2.24) is 5.48 Å². The summed E-state index contributed by atoms with van der Waals surface area (Å²) in [6.07, 6.45) is 5.57. The van der Waals surface area contributed by atoms with Gasteiger partial charge in [-0.15, -0.1) is 0 Å². The average Bonchev–Trinajstić information content (AvgIpc) is 2.91. The van der Waals surface area contributed by atoms with E-state index in [2.05, 4.69) is 5.48 Å². The van der Waals surface area contributed by atoms with E-state index in [1.807, 2.05) is 30.3 Å². The van der Waals surface area contributed by atoms with Crippen LogP contribution in [0.15, 0.2) is 30.3 Å². The molecule has 0 spiro atoms. The number of para-hydroxylation sites is 1. The Morgan fingerprint density at radius 1 is 1.32 bits per heavy atom. The van der Waals surface area contributed by atoms with E-state index < -0.39 is 5.97 Å². The third-order valence-corrected chi connectivity index (χ3v) is 3.70. The highest BCUT2D eigenvalue weighted by Gasteiger charge is 2.24. The predicted molar refractivity (Wildman–Crippen MR) is 72.8 cm³/mol. The van der Waals surface area contributed by atoms with Gasteiger partial charge in [0.05, 0.1) is 5.92 Å². The van der Waals surface area contributed by atoms with Crippen LogP contribution in [-0.2, 0) is 4.79 Å². The molecule has 1 saturated carbocycles. The number of carboxylic acid groups (broad SMARTS) is 1. The number of rotatable bonds is 7. The van der Waals surface area contributed by atoms with Gasteiger partial charge in [0.25, 0.3) is 0 Å². The lowest BCUT2D eigenvalue weighted by Gasteiger charge is -2.17. The van der Waals surface area contributed by atoms with Crippen LogP contribution in [0.5, 0.6) is 5.75 Å². The van der Waals surface area contributed by atoms with E-state index in [1.54, 1.807) is 0 Å². The smallest absolute Gasteiger partial charge is 0.307 e. The quantitative estimate of drug-likeness (QED) is 0.743. The van der Waals surface area contributed by atoms with Crippen molar-refractivity contribution in [1.29, 1.82) is 0 Å². The van der Waals surface area contributed by atoms with E-state index in [1.165, 1.54) is 25.7 Å². The second kappa shape index (κ2) is 7.14. The van der Waals surface area contributed by atoms with Gasteiger partial charge < -0.3 is 9.94 Å². The largest absolute Gasteiger partial charge is 0.481 e. The van der Waals surface area contributed by atoms with Crippen molar-refractivity contribution >= 4 is 5.97 Å². The number of hydroxylamine groups is 1. The minimum Gasteiger partial charge on any atom is -0.481 e. The first-order valence-electron chi connectivity index (χ1n) is 6.93. The number of hydrogen-bond donors (Lipinski definition) is 2. The molecule has 0 unspecified atom stereocenters. The summed E-state index contributed by atoms with van der Waals surface area (Å²) >= 11 is 0. The van der Waals surface area contributed by atoms with Gasteiger partial charge in [-0.2, -0.15) is 5.48 Å². The van der Waals surface area contributed by atoms with Crippen LogP contribution in [0.2, 0.25) is 0 Å². The predicted octanol–water partition coefficient (Wildman–Crippen LogP) is 2.85. The van der Waals surface area contributed by atoms with Crippen molar-refractivity contribution in [2.24, 2.45) is 11.8 Å². The first kappa shape index (κ1) is 13.9. The van der Waals surface area contributed by atoms with Gasteiger partial charge in [0.1, 0.15) is 5.75 Å². The Hall–Kier alpha value is -1.55. The van der Waals surface area contributed by atoms with Gasteiger partial charge in [0, 0.05) is 6.54 Å². The zero-order valence-corrected chi connectivity index (χ0v) is 11.0. The van der Waals surface area contributed by atoms with Crippen molar-refractivity contribution in [2.75, 3.05) is 6.54 Å². The first-order valence-corrected chi connectivity index (χ1v) is 6.93. The fraction of sp³-hybridized carbons (Fsp3) is 0.533. The van der Waals surface area contributed by atoms with Gasteiger partial charge >= 0.3 is 5.97 Å². The van der Waals surface area contributed by atoms with Gasteiger partial charge in [0.15, 0.2) is 0 Å². The van der Waals surface area contributed by atoms with E-state index >= 15 is 0 Å². The molecule has 2 rings (SSSR count). The zero-order chi connectivity index (χ0) is 13.5. The van der Waals surface area contributed by atoms with Gasteiger partial charge in [-0.25, -0.2) is 0 Å². The number of aliphatic carboxylic acids is 1. The molecule has 1 fully saturated rings. The maximum Gasteiger partial charge on any atom is 0.307 e. The molecule has 4 nitrogen and oxygen atoms in total. The van der Waals surface area contributed by atoms with Crippen LogP contribution >= 0.6 is 0 Å². The third kappa shape index (κ3) is 4.56. The summed E-state index contributed by atoms with van der Waals surface area (Å²) in [5.41, 5.74) is 2.78. The Balaban J connectivity index is 1.75. The van der Waals surface area contributed by atoms with Gasteiger partial charge in [-0.05, 0) is 24.5 Å². The van der Waals surface area contributed by atoms with Crippen molar-refractivity contribution < 1.29 is 14.7 Å². The van der Waals surface area contributed by atoms with Gasteiger partial charge in [-0.1, -0.05) is 43.9 Å². The van der Waals surface area contributed by atoms with Crippen molar-refractivity contribution in [2.45, 2.75) is 32.1 Å². The molecule has 1 aromatic carbocycles. The van der Waals surface area contributed by atoms with E-state index in [4.69, 9.17) is 4.84 Å². The molecule has 1 aliphatic carbocycles. The highest BCUT2D eigenvalue weighted by molar-refractivity contribution is 5.70. The standard InChI is InChI=1S/C15H21NO3/c17-15(18)13(10-12-6-4-5-7-12)11-16-19-14-8-2-1-3-9-14/h1-3,8-9,12-13,16H,4-7,10-11H2,(H,17,18)/t13-/m1/s1. The van der Waals surface area contributed by atoms with Crippen molar-refractivity contribution in [3.8, 4) is 5.75 Å². The Morgan fingerprint density at radius 2 is 2.00 bits per heavy atom. The average molecular weight is 263 g/mol. The van der Waals surface area contributed by atoms with Crippen LogP contribution in [0.4, 0.5) is 0 Å². The van der Waals surface area contributed by atoms with E-state index in [9.17, 15) is 9.90 Å². The summed E-state index contributed by atoms with van der Waals surface area (Å²) in [7, 11) is 0. The summed E-state index contributed by atoms with van der Waals surface area (Å²) in [5.74, 6) is 0.162. The maximum absolute atomic E-state index is 11.2. The van der Waals surface area contributed by atoms with Crippen LogP contribution in [0.1, 0.15) is 32.1 Å². The van der Waals surface area contributed by atoms with E-state index in [0.717, 1.165) is 6.42 Å². The number of nitrogens with one attached hydrogen (secondary N) is 1. The molecule has 0 aliphatic heterocycles. The summed E-state index contributed by atoms with van der Waals surface area (Å²) in [4.78, 5) is 16.6. The molecule has 4 heteroatoms. The third-order valence-electron chi connectivity index (χ3n) is 3.70. The normalized spacial score (nSPS) is 17.3. The molecular weight excluding hydrogens is 242 g/mol. The minimum absolute atomic E-state index is 0.348. The van der Waals surface area contributed by atoms with Crippen molar-refractivity contribution in [3.05, 3.63) is 30.3 Å². The summed E-state index contributed by atoms with van der Waals surface area (Å²) in [6.45, 7) is 0.348. The van der Waals surface area contributed by atoms with E-state index in [0.29, 0.717) is 18.2 Å². The Morgan fingerprint density at radius 3 is 2.63 bits per heavy atom. The first-order chi connectivity index (χ1) is 9.25. The maximum atomic E-state index is 11.2. The molecule has 1 aliphatic rings. The zero-order valence-electron chi connectivity index (χ0n) is 11.0. The number of hydrogen-bond acceptors (Lipinski definition) is 3. The molecule has 0 amide bonds. The molecule has 0 heterocycles. The highest BCUT2D eigenvalue weighted by atomic mass is 16.6. The molecule has 0 saturated heterocycles. The van der Waals surface area contributed by atoms with Gasteiger partial charge in [-0.3, -0.25) is 4.79 Å². The highest BCUT2D eigenvalue weighted by Crippen LogP contribution is 2.30. The Kier molecular flexibility index (Phi) is 5.21. The number of benzene rings is 1. The molecule has 0 bridgehead atoms. The second-order valence-corrected chi connectivity index (χ2v) is 5.18. The lowest BCUT2D eigenvalue weighted by molar-refractivity contribution is -0.142. The molecule has 1 atom stereocenters. The topological polar surface area (TPSA) is 58.6 Å². The number of carbonyl (C=O) groups is 1. The summed E-state index contributed by atoms with van der Waals surface area (Å²) in [5, 5.41) is 9.24. The Labute approximate surface area is 113 Å². The monoisotopic (exact) mass is 263 g/mol. The van der Waals surface area contributed by atoms with Crippen LogP contribution in [0, 0.1) is 11.8 Å². The van der Waals surface area contributed by atoms with Crippen LogP contribution in [0.3, 0.4) is 0 Å². The molecule has 0 radical (unpaired) electrons. The van der Waals surface area contributed by atoms with Crippen molar-refractivity contribution in [3.63, 3.8) is 0 Å². The molecular formula is C15H21NO3. The fourth-order valence-electron chi connectivity index (χ4n) is 2.63. The Bertz CT molecular complexity index is 388. The SMILES string of the molecule is O=C(O)[C@@H](CNOc1ccccc1)CC1CCCC1. The van der Waals surface area contributed by atoms with Gasteiger partial charge in [0.2, 0.25) is 0 Å². The lowest BCUT2D eigenvalue weighted by Crippen LogP contribution is -2.31. The molecule has 2 N–H and O–H groups in total. The fourth-order valence-corrected chi connectivity index (χ4v) is 2.63. The van der Waals surface area contributed by atoms with Crippen LogP contribution in [-0.4, -0.2) is 17.6 Å². The molecule has 0 aromatic heterocycles. The molecule has 19 heavy (non-hydrogen) atoms. The van der Waals surface area contributed by atoms with E-state index in [-0.39, 0.29) is 5.92 Å². The molecule has 104 valence electrons. The summed E-state index contributed by atoms with van der Waals surface area (Å²) in [6, 6.07) is 9.33. The molecule has 1 aromatic rings. The minimum atomic E-state index is -0.740. The van der Waals surface area contributed by atoms with Crippen LogP contribution in [0.25, 0.3) is 0 Å². The number of carboxylic acids is 1. The lowest BCUT2D eigenvalue weighted by atomic mass is 9.93.